The second kappa shape index (κ2) is 5.48. The average molecular weight is 299 g/mol. The van der Waals surface area contributed by atoms with E-state index in [-0.39, 0.29) is 12.5 Å². The molecule has 0 saturated carbocycles. The molecule has 1 aliphatic heterocycles. The summed E-state index contributed by atoms with van der Waals surface area (Å²) in [7, 11) is 1.76. The highest BCUT2D eigenvalue weighted by Gasteiger charge is 2.42. The molecule has 2 heterocycles. The van der Waals surface area contributed by atoms with E-state index in [1.165, 1.54) is 0 Å². The van der Waals surface area contributed by atoms with Crippen LogP contribution in [0.15, 0.2) is 12.3 Å². The molecule has 0 aliphatic carbocycles. The van der Waals surface area contributed by atoms with Gasteiger partial charge in [0.2, 0.25) is 0 Å². The van der Waals surface area contributed by atoms with E-state index >= 15 is 0 Å². The minimum absolute atomic E-state index is 0.154. The van der Waals surface area contributed by atoms with Crippen LogP contribution in [0.2, 0.25) is 5.02 Å². The van der Waals surface area contributed by atoms with Gasteiger partial charge in [-0.05, 0) is 25.3 Å². The Hall–Kier alpha value is -1.49. The number of aromatic nitrogens is 1. The number of likely N-dealkylation sites (tertiary alicyclic amines) is 1. The van der Waals surface area contributed by atoms with Crippen LogP contribution >= 0.6 is 11.6 Å². The standard InChI is InChI=1S/C14H19ClN2O3/c1-3-14(13(19)20)5-4-6-17(9-14)12(18)11-7-10(15)8-16(11)2/h7-8H,3-6,9H2,1-2H3,(H,19,20). The van der Waals surface area contributed by atoms with Crippen LogP contribution in [-0.4, -0.2) is 39.5 Å². The zero-order valence-electron chi connectivity index (χ0n) is 11.7. The highest BCUT2D eigenvalue weighted by atomic mass is 35.5. The molecular formula is C14H19ClN2O3. The summed E-state index contributed by atoms with van der Waals surface area (Å²) in [5.41, 5.74) is -0.324. The largest absolute Gasteiger partial charge is 0.481 e. The maximum Gasteiger partial charge on any atom is 0.311 e. The number of carbonyl (C=O) groups excluding carboxylic acids is 1. The van der Waals surface area contributed by atoms with E-state index in [9.17, 15) is 14.7 Å². The lowest BCUT2D eigenvalue weighted by Gasteiger charge is -2.39. The van der Waals surface area contributed by atoms with E-state index in [0.29, 0.717) is 36.5 Å². The molecule has 0 bridgehead atoms. The number of rotatable bonds is 3. The van der Waals surface area contributed by atoms with Crippen molar-refractivity contribution in [1.29, 1.82) is 0 Å². The minimum Gasteiger partial charge on any atom is -0.481 e. The van der Waals surface area contributed by atoms with Crippen molar-refractivity contribution in [1.82, 2.24) is 9.47 Å². The fourth-order valence-corrected chi connectivity index (χ4v) is 3.07. The lowest BCUT2D eigenvalue weighted by atomic mass is 9.77. The first-order valence-corrected chi connectivity index (χ1v) is 7.12. The quantitative estimate of drug-likeness (QED) is 0.932. The molecule has 1 amide bonds. The van der Waals surface area contributed by atoms with Gasteiger partial charge >= 0.3 is 5.97 Å². The number of carboxylic acid groups (broad SMARTS) is 1. The van der Waals surface area contributed by atoms with Crippen LogP contribution in [0.3, 0.4) is 0 Å². The number of hydrogen-bond acceptors (Lipinski definition) is 2. The Kier molecular flexibility index (Phi) is 4.09. The van der Waals surface area contributed by atoms with Gasteiger partial charge in [-0.15, -0.1) is 0 Å². The summed E-state index contributed by atoms with van der Waals surface area (Å²) in [5.74, 6) is -0.972. The minimum atomic E-state index is -0.817. The Balaban J connectivity index is 2.23. The average Bonchev–Trinajstić information content (AvgIpc) is 2.76. The molecule has 1 aromatic rings. The Morgan fingerprint density at radius 1 is 1.50 bits per heavy atom. The van der Waals surface area contributed by atoms with Gasteiger partial charge in [0.25, 0.3) is 5.91 Å². The lowest BCUT2D eigenvalue weighted by molar-refractivity contribution is -0.152. The normalized spacial score (nSPS) is 22.9. The topological polar surface area (TPSA) is 62.5 Å². The van der Waals surface area contributed by atoms with Crippen molar-refractivity contribution in [3.05, 3.63) is 23.0 Å². The molecule has 1 atom stereocenters. The molecule has 1 unspecified atom stereocenters. The summed E-state index contributed by atoms with van der Waals surface area (Å²) >= 11 is 5.90. The number of amides is 1. The smallest absolute Gasteiger partial charge is 0.311 e. The Morgan fingerprint density at radius 3 is 2.70 bits per heavy atom. The van der Waals surface area contributed by atoms with Crippen LogP contribution in [0.5, 0.6) is 0 Å². The van der Waals surface area contributed by atoms with Crippen LogP contribution in [0.4, 0.5) is 0 Å². The van der Waals surface area contributed by atoms with Gasteiger partial charge < -0.3 is 14.6 Å². The SMILES string of the molecule is CCC1(C(=O)O)CCCN(C(=O)c2cc(Cl)cn2C)C1. The van der Waals surface area contributed by atoms with Gasteiger partial charge in [0, 0.05) is 26.3 Å². The Labute approximate surface area is 123 Å². The monoisotopic (exact) mass is 298 g/mol. The maximum atomic E-state index is 12.5. The highest BCUT2D eigenvalue weighted by Crippen LogP contribution is 2.34. The van der Waals surface area contributed by atoms with Gasteiger partial charge in [-0.25, -0.2) is 0 Å². The number of piperidine rings is 1. The van der Waals surface area contributed by atoms with Gasteiger partial charge in [0.1, 0.15) is 5.69 Å². The zero-order chi connectivity index (χ0) is 14.9. The third-order valence-electron chi connectivity index (χ3n) is 4.19. The van der Waals surface area contributed by atoms with E-state index in [1.807, 2.05) is 6.92 Å². The zero-order valence-corrected chi connectivity index (χ0v) is 12.5. The van der Waals surface area contributed by atoms with Crippen LogP contribution in [-0.2, 0) is 11.8 Å². The summed E-state index contributed by atoms with van der Waals surface area (Å²) in [4.78, 5) is 25.7. The van der Waals surface area contributed by atoms with Crippen LogP contribution < -0.4 is 0 Å². The first kappa shape index (κ1) is 14.9. The lowest BCUT2D eigenvalue weighted by Crippen LogP contribution is -2.49. The molecule has 1 fully saturated rings. The number of halogens is 1. The molecule has 1 aliphatic rings. The second-order valence-electron chi connectivity index (χ2n) is 5.42. The number of carboxylic acids is 1. The van der Waals surface area contributed by atoms with Gasteiger partial charge in [0.15, 0.2) is 0 Å². The molecule has 110 valence electrons. The molecule has 1 aromatic heterocycles. The molecule has 1 saturated heterocycles. The van der Waals surface area contributed by atoms with E-state index in [0.717, 1.165) is 0 Å². The molecule has 20 heavy (non-hydrogen) atoms. The van der Waals surface area contributed by atoms with Crippen LogP contribution in [0.25, 0.3) is 0 Å². The molecule has 0 radical (unpaired) electrons. The summed E-state index contributed by atoms with van der Waals surface area (Å²) in [6.07, 6.45) is 3.53. The molecule has 0 spiro atoms. The number of aliphatic carboxylic acids is 1. The van der Waals surface area contributed by atoms with Crippen molar-refractivity contribution in [2.24, 2.45) is 12.5 Å². The molecule has 2 rings (SSSR count). The third kappa shape index (κ3) is 2.54. The summed E-state index contributed by atoms with van der Waals surface area (Å²) in [6.45, 7) is 2.72. The van der Waals surface area contributed by atoms with Crippen LogP contribution in [0, 0.1) is 5.41 Å². The first-order chi connectivity index (χ1) is 9.39. The summed E-state index contributed by atoms with van der Waals surface area (Å²) in [6, 6.07) is 1.62. The van der Waals surface area contributed by atoms with Crippen molar-refractivity contribution in [3.63, 3.8) is 0 Å². The number of hydrogen-bond donors (Lipinski definition) is 1. The molecule has 6 heteroatoms. The summed E-state index contributed by atoms with van der Waals surface area (Å²) in [5, 5.41) is 9.96. The molecule has 1 N–H and O–H groups in total. The molecular weight excluding hydrogens is 280 g/mol. The second-order valence-corrected chi connectivity index (χ2v) is 5.86. The Morgan fingerprint density at radius 2 is 2.20 bits per heavy atom. The Bertz CT molecular complexity index is 541. The van der Waals surface area contributed by atoms with Crippen molar-refractivity contribution < 1.29 is 14.7 Å². The fourth-order valence-electron chi connectivity index (χ4n) is 2.82. The predicted octanol–water partition coefficient (Wildman–Crippen LogP) is 2.40. The predicted molar refractivity (Wildman–Crippen MR) is 75.9 cm³/mol. The highest BCUT2D eigenvalue weighted by molar-refractivity contribution is 6.31. The van der Waals surface area contributed by atoms with E-state index < -0.39 is 11.4 Å². The van der Waals surface area contributed by atoms with E-state index in [1.54, 1.807) is 28.8 Å². The van der Waals surface area contributed by atoms with Crippen molar-refractivity contribution in [3.8, 4) is 0 Å². The van der Waals surface area contributed by atoms with Crippen LogP contribution in [0.1, 0.15) is 36.7 Å². The maximum absolute atomic E-state index is 12.5. The van der Waals surface area contributed by atoms with Crippen molar-refractivity contribution in [2.45, 2.75) is 26.2 Å². The number of carbonyl (C=O) groups is 2. The van der Waals surface area contributed by atoms with Gasteiger partial charge in [-0.3, -0.25) is 9.59 Å². The summed E-state index contributed by atoms with van der Waals surface area (Å²) < 4.78 is 1.67. The number of aryl methyl sites for hydroxylation is 1. The van der Waals surface area contributed by atoms with E-state index in [4.69, 9.17) is 11.6 Å². The van der Waals surface area contributed by atoms with Crippen molar-refractivity contribution >= 4 is 23.5 Å². The van der Waals surface area contributed by atoms with E-state index in [2.05, 4.69) is 0 Å². The van der Waals surface area contributed by atoms with Gasteiger partial charge in [-0.1, -0.05) is 18.5 Å². The molecule has 0 aromatic carbocycles. The van der Waals surface area contributed by atoms with Gasteiger partial charge in [-0.2, -0.15) is 0 Å². The fraction of sp³-hybridized carbons (Fsp3) is 0.571. The third-order valence-corrected chi connectivity index (χ3v) is 4.39. The molecule has 5 nitrogen and oxygen atoms in total. The number of nitrogens with zero attached hydrogens (tertiary/aromatic N) is 2. The van der Waals surface area contributed by atoms with Gasteiger partial charge in [0.05, 0.1) is 10.4 Å². The first-order valence-electron chi connectivity index (χ1n) is 6.74. The van der Waals surface area contributed by atoms with Crippen molar-refractivity contribution in [2.75, 3.05) is 13.1 Å².